The van der Waals surface area contributed by atoms with E-state index < -0.39 is 0 Å². The van der Waals surface area contributed by atoms with Crippen molar-refractivity contribution in [2.45, 2.75) is 12.8 Å². The number of aromatic nitrogens is 1. The van der Waals surface area contributed by atoms with Gasteiger partial charge in [0.1, 0.15) is 5.82 Å². The Bertz CT molecular complexity index is 334. The topological polar surface area (TPSA) is 33.2 Å². The Morgan fingerprint density at radius 1 is 1.40 bits per heavy atom. The number of hydrogen-bond acceptors (Lipinski definition) is 3. The minimum atomic E-state index is -0.198. The van der Waals surface area contributed by atoms with Crippen molar-refractivity contribution in [1.29, 1.82) is 0 Å². The predicted molar refractivity (Wildman–Crippen MR) is 60.0 cm³/mol. The number of piperidine rings is 1. The molecule has 3 nitrogen and oxygen atoms in total. The first kappa shape index (κ1) is 10.4. The second-order valence-corrected chi connectivity index (χ2v) is 4.13. The van der Waals surface area contributed by atoms with E-state index >= 15 is 0 Å². The fraction of sp³-hybridized carbons (Fsp3) is 0.455. The van der Waals surface area contributed by atoms with Crippen LogP contribution in [0.5, 0.6) is 0 Å². The number of pyridine rings is 1. The summed E-state index contributed by atoms with van der Waals surface area (Å²) in [5.41, 5.74) is 0. The van der Waals surface area contributed by atoms with Crippen LogP contribution in [-0.2, 0) is 4.79 Å². The first-order valence-corrected chi connectivity index (χ1v) is 5.50. The van der Waals surface area contributed by atoms with Gasteiger partial charge in [-0.25, -0.2) is 4.98 Å². The zero-order chi connectivity index (χ0) is 10.7. The van der Waals surface area contributed by atoms with Crippen molar-refractivity contribution in [3.63, 3.8) is 0 Å². The van der Waals surface area contributed by atoms with E-state index in [1.54, 1.807) is 6.20 Å². The van der Waals surface area contributed by atoms with Crippen molar-refractivity contribution in [3.05, 3.63) is 24.4 Å². The van der Waals surface area contributed by atoms with Crippen molar-refractivity contribution in [1.82, 2.24) is 4.98 Å². The Morgan fingerprint density at radius 2 is 2.13 bits per heavy atom. The van der Waals surface area contributed by atoms with Crippen LogP contribution >= 0.6 is 11.6 Å². The molecule has 2 heterocycles. The molecule has 0 radical (unpaired) electrons. The molecule has 4 heteroatoms. The smallest absolute Gasteiger partial charge is 0.224 e. The van der Waals surface area contributed by atoms with Crippen LogP contribution < -0.4 is 4.90 Å². The van der Waals surface area contributed by atoms with E-state index in [-0.39, 0.29) is 11.2 Å². The van der Waals surface area contributed by atoms with Crippen LogP contribution in [0.25, 0.3) is 0 Å². The van der Waals surface area contributed by atoms with Crippen molar-refractivity contribution in [2.24, 2.45) is 5.92 Å². The molecule has 1 aromatic heterocycles. The second kappa shape index (κ2) is 4.62. The fourth-order valence-corrected chi connectivity index (χ4v) is 2.09. The summed E-state index contributed by atoms with van der Waals surface area (Å²) in [6.45, 7) is 1.72. The summed E-state index contributed by atoms with van der Waals surface area (Å²) in [6, 6.07) is 5.86. The lowest BCUT2D eigenvalue weighted by Gasteiger charge is -2.31. The maximum Gasteiger partial charge on any atom is 0.224 e. The summed E-state index contributed by atoms with van der Waals surface area (Å²) in [6.07, 6.45) is 3.45. The molecule has 1 aliphatic heterocycles. The van der Waals surface area contributed by atoms with Crippen LogP contribution in [0.2, 0.25) is 0 Å². The highest BCUT2D eigenvalue weighted by Gasteiger charge is 2.23. The molecule has 2 rings (SSSR count). The van der Waals surface area contributed by atoms with Gasteiger partial charge in [-0.15, -0.1) is 0 Å². The number of anilines is 1. The molecule has 0 aliphatic carbocycles. The zero-order valence-corrected chi connectivity index (χ0v) is 9.15. The molecule has 1 saturated heterocycles. The lowest BCUT2D eigenvalue weighted by molar-refractivity contribution is -0.115. The Hall–Kier alpha value is -1.09. The Balaban J connectivity index is 1.97. The van der Waals surface area contributed by atoms with Gasteiger partial charge in [-0.2, -0.15) is 0 Å². The van der Waals surface area contributed by atoms with E-state index in [0.717, 1.165) is 31.7 Å². The van der Waals surface area contributed by atoms with E-state index in [1.165, 1.54) is 0 Å². The van der Waals surface area contributed by atoms with Gasteiger partial charge in [0.2, 0.25) is 5.24 Å². The molecule has 1 aromatic rings. The maximum atomic E-state index is 11.0. The summed E-state index contributed by atoms with van der Waals surface area (Å²) in [5, 5.41) is -0.198. The third kappa shape index (κ3) is 2.48. The highest BCUT2D eigenvalue weighted by Crippen LogP contribution is 2.22. The summed E-state index contributed by atoms with van der Waals surface area (Å²) in [5.74, 6) is 1.02. The van der Waals surface area contributed by atoms with Crippen molar-refractivity contribution in [3.8, 4) is 0 Å². The fourth-order valence-electron chi connectivity index (χ4n) is 1.88. The predicted octanol–water partition coefficient (Wildman–Crippen LogP) is 2.06. The lowest BCUT2D eigenvalue weighted by atomic mass is 9.98. The summed E-state index contributed by atoms with van der Waals surface area (Å²) >= 11 is 5.48. The van der Waals surface area contributed by atoms with Crippen molar-refractivity contribution >= 4 is 22.7 Å². The third-order valence-corrected chi connectivity index (χ3v) is 3.10. The molecule has 0 atom stereocenters. The molecule has 0 saturated carbocycles. The SMILES string of the molecule is O=C(Cl)C1CCN(c2ccccn2)CC1. The zero-order valence-electron chi connectivity index (χ0n) is 8.40. The Morgan fingerprint density at radius 3 is 2.67 bits per heavy atom. The minimum absolute atomic E-state index is 0.0339. The molecule has 80 valence electrons. The van der Waals surface area contributed by atoms with Crippen LogP contribution in [0.3, 0.4) is 0 Å². The van der Waals surface area contributed by atoms with Crippen LogP contribution in [0.15, 0.2) is 24.4 Å². The minimum Gasteiger partial charge on any atom is -0.357 e. The second-order valence-electron chi connectivity index (χ2n) is 3.75. The molecule has 15 heavy (non-hydrogen) atoms. The third-order valence-electron chi connectivity index (χ3n) is 2.79. The summed E-state index contributed by atoms with van der Waals surface area (Å²) in [4.78, 5) is 17.4. The van der Waals surface area contributed by atoms with Crippen LogP contribution in [-0.4, -0.2) is 23.3 Å². The van der Waals surface area contributed by atoms with Gasteiger partial charge >= 0.3 is 0 Å². The van der Waals surface area contributed by atoms with Gasteiger partial charge in [0.15, 0.2) is 0 Å². The van der Waals surface area contributed by atoms with Gasteiger partial charge in [0, 0.05) is 25.2 Å². The van der Waals surface area contributed by atoms with Gasteiger partial charge in [-0.05, 0) is 36.6 Å². The van der Waals surface area contributed by atoms with Crippen LogP contribution in [0.4, 0.5) is 5.82 Å². The number of hydrogen-bond donors (Lipinski definition) is 0. The molecule has 0 aromatic carbocycles. The van der Waals surface area contributed by atoms with E-state index in [2.05, 4.69) is 9.88 Å². The highest BCUT2D eigenvalue weighted by molar-refractivity contribution is 6.64. The molecule has 1 fully saturated rings. The molecule has 0 N–H and O–H groups in total. The van der Waals surface area contributed by atoms with E-state index in [9.17, 15) is 4.79 Å². The first-order valence-electron chi connectivity index (χ1n) is 5.12. The molecule has 0 amide bonds. The number of carbonyl (C=O) groups is 1. The molecular formula is C11H13ClN2O. The number of nitrogens with zero attached hydrogens (tertiary/aromatic N) is 2. The molecule has 0 unspecified atom stereocenters. The van der Waals surface area contributed by atoms with Crippen LogP contribution in [0, 0.1) is 5.92 Å². The quantitative estimate of drug-likeness (QED) is 0.721. The van der Waals surface area contributed by atoms with Crippen LogP contribution in [0.1, 0.15) is 12.8 Å². The van der Waals surface area contributed by atoms with Gasteiger partial charge in [-0.3, -0.25) is 4.79 Å². The van der Waals surface area contributed by atoms with E-state index in [4.69, 9.17) is 11.6 Å². The van der Waals surface area contributed by atoms with Gasteiger partial charge in [0.05, 0.1) is 0 Å². The largest absolute Gasteiger partial charge is 0.357 e. The lowest BCUT2D eigenvalue weighted by Crippen LogP contribution is -2.35. The maximum absolute atomic E-state index is 11.0. The first-order chi connectivity index (χ1) is 7.27. The number of rotatable bonds is 2. The standard InChI is InChI=1S/C11H13ClN2O/c12-11(15)9-4-7-14(8-5-9)10-3-1-2-6-13-10/h1-3,6,9H,4-5,7-8H2. The normalized spacial score (nSPS) is 17.8. The van der Waals surface area contributed by atoms with E-state index in [0.29, 0.717) is 0 Å². The average Bonchev–Trinajstić information content (AvgIpc) is 2.30. The molecule has 0 spiro atoms. The molecule has 0 bridgehead atoms. The molecule has 1 aliphatic rings. The number of halogens is 1. The monoisotopic (exact) mass is 224 g/mol. The van der Waals surface area contributed by atoms with E-state index in [1.807, 2.05) is 18.2 Å². The highest BCUT2D eigenvalue weighted by atomic mass is 35.5. The van der Waals surface area contributed by atoms with Crippen molar-refractivity contribution < 1.29 is 4.79 Å². The average molecular weight is 225 g/mol. The summed E-state index contributed by atoms with van der Waals surface area (Å²) in [7, 11) is 0. The van der Waals surface area contributed by atoms with Gasteiger partial charge in [-0.1, -0.05) is 6.07 Å². The Labute approximate surface area is 94.1 Å². The summed E-state index contributed by atoms with van der Waals surface area (Å²) < 4.78 is 0. The van der Waals surface area contributed by atoms with Crippen molar-refractivity contribution in [2.75, 3.05) is 18.0 Å². The van der Waals surface area contributed by atoms with Gasteiger partial charge in [0.25, 0.3) is 0 Å². The van der Waals surface area contributed by atoms with Gasteiger partial charge < -0.3 is 4.90 Å². The Kier molecular flexibility index (Phi) is 3.21. The molecular weight excluding hydrogens is 212 g/mol. The number of carbonyl (C=O) groups excluding carboxylic acids is 1.